The summed E-state index contributed by atoms with van der Waals surface area (Å²) in [5.41, 5.74) is 0.905. The number of hydrogen-bond donors (Lipinski definition) is 2. The van der Waals surface area contributed by atoms with Crippen molar-refractivity contribution in [3.05, 3.63) is 24.3 Å². The van der Waals surface area contributed by atoms with E-state index in [0.717, 1.165) is 11.5 Å². The van der Waals surface area contributed by atoms with Crippen molar-refractivity contribution in [2.24, 2.45) is 0 Å². The van der Waals surface area contributed by atoms with E-state index in [4.69, 9.17) is 4.55 Å². The molecule has 16 heavy (non-hydrogen) atoms. The maximum atomic E-state index is 10.5. The summed E-state index contributed by atoms with van der Waals surface area (Å²) >= 11 is 0. The Labute approximate surface area is 94.7 Å². The third-order valence-corrected chi connectivity index (χ3v) is 2.94. The van der Waals surface area contributed by atoms with E-state index in [1.807, 2.05) is 11.5 Å². The lowest BCUT2D eigenvalue weighted by Gasteiger charge is -1.99. The van der Waals surface area contributed by atoms with Gasteiger partial charge in [-0.15, -0.1) is 0 Å². The van der Waals surface area contributed by atoms with Crippen LogP contribution in [0.25, 0.3) is 6.08 Å². The van der Waals surface area contributed by atoms with Gasteiger partial charge in [0, 0.05) is 13.3 Å². The highest BCUT2D eigenvalue weighted by Gasteiger charge is 2.12. The topological polar surface area (TPSA) is 104 Å². The fourth-order valence-electron chi connectivity index (χ4n) is 1.40. The average molecular weight is 248 g/mol. The second kappa shape index (κ2) is 5.78. The third-order valence-electron chi connectivity index (χ3n) is 2.14. The van der Waals surface area contributed by atoms with Gasteiger partial charge < -0.3 is 5.48 Å². The first kappa shape index (κ1) is 14.8. The molecule has 1 aromatic heterocycles. The molecule has 0 radical (unpaired) electrons. The molecule has 1 heterocycles. The molecule has 0 spiro atoms. The lowest BCUT2D eigenvalue weighted by Crippen LogP contribution is -2.38. The molecule has 7 heteroatoms. The van der Waals surface area contributed by atoms with Gasteiger partial charge in [0.2, 0.25) is 0 Å². The first-order valence-electron chi connectivity index (χ1n) is 4.59. The zero-order valence-electron chi connectivity index (χ0n) is 9.05. The summed E-state index contributed by atoms with van der Waals surface area (Å²) in [5.74, 6) is 0.710. The quantitative estimate of drug-likeness (QED) is 0.579. The standard InChI is InChI=1S/C9H14N2O3S.H2O/c1-3-9-7-10-8(2)11(9)5-4-6-15(12,13)14;/h3,7H,1,4-6H2,2H3,(H,12,13,14);1H2. The molecule has 1 aromatic rings. The molecule has 0 saturated heterocycles. The Kier molecular flexibility index (Phi) is 5.36. The van der Waals surface area contributed by atoms with Crippen LogP contribution in [0.3, 0.4) is 0 Å². The minimum absolute atomic E-state index is 0. The Hall–Kier alpha value is -1.18. The van der Waals surface area contributed by atoms with Crippen molar-refractivity contribution in [3.8, 4) is 0 Å². The van der Waals surface area contributed by atoms with Crippen molar-refractivity contribution in [3.63, 3.8) is 0 Å². The normalized spacial score (nSPS) is 10.9. The number of aromatic nitrogens is 2. The molecule has 0 aliphatic rings. The van der Waals surface area contributed by atoms with Gasteiger partial charge in [0.05, 0.1) is 12.3 Å². The predicted octanol–water partition coefficient (Wildman–Crippen LogP) is 0.355. The van der Waals surface area contributed by atoms with Crippen molar-refractivity contribution in [1.29, 1.82) is 0 Å². The molecular formula is C9H16N2O4S. The maximum absolute atomic E-state index is 10.5. The van der Waals surface area contributed by atoms with Crippen molar-refractivity contribution in [1.82, 2.24) is 4.98 Å². The Morgan fingerprint density at radius 3 is 2.75 bits per heavy atom. The molecular weight excluding hydrogens is 232 g/mol. The lowest BCUT2D eigenvalue weighted by molar-refractivity contribution is -0.702. The van der Waals surface area contributed by atoms with Crippen LogP contribution in [0.4, 0.5) is 0 Å². The number of nitrogens with zero attached hydrogens (tertiary/aromatic N) is 1. The van der Waals surface area contributed by atoms with Gasteiger partial charge in [-0.1, -0.05) is 6.58 Å². The molecule has 92 valence electrons. The highest BCUT2D eigenvalue weighted by Crippen LogP contribution is 1.97. The molecule has 0 unspecified atom stereocenters. The van der Waals surface area contributed by atoms with E-state index in [0.29, 0.717) is 13.0 Å². The third kappa shape index (κ3) is 4.13. The first-order chi connectivity index (χ1) is 6.94. The van der Waals surface area contributed by atoms with Crippen molar-refractivity contribution < 1.29 is 23.0 Å². The predicted molar refractivity (Wildman–Crippen MR) is 58.8 cm³/mol. The summed E-state index contributed by atoms with van der Waals surface area (Å²) in [7, 11) is -3.86. The van der Waals surface area contributed by atoms with E-state index in [1.165, 1.54) is 0 Å². The summed E-state index contributed by atoms with van der Waals surface area (Å²) < 4.78 is 31.5. The van der Waals surface area contributed by atoms with Gasteiger partial charge in [-0.05, 0) is 6.08 Å². The molecule has 6 nitrogen and oxygen atoms in total. The summed E-state index contributed by atoms with van der Waals surface area (Å²) in [4.78, 5) is 3.02. The van der Waals surface area contributed by atoms with Crippen LogP contribution in [0.2, 0.25) is 0 Å². The molecule has 0 aliphatic heterocycles. The van der Waals surface area contributed by atoms with E-state index in [1.54, 1.807) is 12.3 Å². The smallest absolute Gasteiger partial charge is 0.265 e. The second-order valence-corrected chi connectivity index (χ2v) is 4.87. The van der Waals surface area contributed by atoms with Gasteiger partial charge in [-0.25, -0.2) is 9.55 Å². The lowest BCUT2D eigenvalue weighted by atomic mass is 10.4. The van der Waals surface area contributed by atoms with E-state index in [9.17, 15) is 8.42 Å². The molecule has 3 N–H and O–H groups in total. The van der Waals surface area contributed by atoms with E-state index in [-0.39, 0.29) is 11.2 Å². The number of imidazole rings is 1. The fraction of sp³-hybridized carbons (Fsp3) is 0.444. The summed E-state index contributed by atoms with van der Waals surface area (Å²) in [5, 5.41) is 0. The van der Waals surface area contributed by atoms with E-state index in [2.05, 4.69) is 11.6 Å². The molecule has 0 bridgehead atoms. The number of rotatable bonds is 5. The van der Waals surface area contributed by atoms with Gasteiger partial charge in [0.25, 0.3) is 15.9 Å². The van der Waals surface area contributed by atoms with Gasteiger partial charge in [-0.3, -0.25) is 4.55 Å². The molecule has 0 atom stereocenters. The summed E-state index contributed by atoms with van der Waals surface area (Å²) in [6, 6.07) is 0. The van der Waals surface area contributed by atoms with Crippen LogP contribution in [0, 0.1) is 6.92 Å². The van der Waals surface area contributed by atoms with Crippen molar-refractivity contribution >= 4 is 16.2 Å². The SMILES string of the molecule is C=Cc1c[nH]c(C)[n+]1CCCS(=O)(=O)O.[OH-]. The van der Waals surface area contributed by atoms with Crippen LogP contribution >= 0.6 is 0 Å². The van der Waals surface area contributed by atoms with Gasteiger partial charge in [-0.2, -0.15) is 8.42 Å². The maximum Gasteiger partial charge on any atom is 0.265 e. The van der Waals surface area contributed by atoms with Crippen LogP contribution in [0.1, 0.15) is 17.9 Å². The molecule has 0 amide bonds. The minimum atomic E-state index is -3.86. The monoisotopic (exact) mass is 248 g/mol. The van der Waals surface area contributed by atoms with E-state index < -0.39 is 10.1 Å². The largest absolute Gasteiger partial charge is 0.870 e. The van der Waals surface area contributed by atoms with Gasteiger partial charge in [0.15, 0.2) is 5.69 Å². The van der Waals surface area contributed by atoms with Crippen LogP contribution in [-0.2, 0) is 16.7 Å². The minimum Gasteiger partial charge on any atom is -0.870 e. The number of nitrogens with one attached hydrogen (secondary N) is 1. The highest BCUT2D eigenvalue weighted by molar-refractivity contribution is 7.85. The molecule has 0 fully saturated rings. The molecule has 0 saturated carbocycles. The molecule has 1 rings (SSSR count). The zero-order valence-corrected chi connectivity index (χ0v) is 9.87. The zero-order chi connectivity index (χ0) is 11.5. The van der Waals surface area contributed by atoms with Crippen molar-refractivity contribution in [2.45, 2.75) is 19.9 Å². The van der Waals surface area contributed by atoms with Crippen LogP contribution in [0.5, 0.6) is 0 Å². The molecule has 0 aromatic carbocycles. The van der Waals surface area contributed by atoms with Crippen LogP contribution < -0.4 is 4.57 Å². The summed E-state index contributed by atoms with van der Waals surface area (Å²) in [6.07, 6.45) is 3.87. The number of H-pyrrole nitrogens is 1. The van der Waals surface area contributed by atoms with Crippen LogP contribution in [0.15, 0.2) is 12.8 Å². The summed E-state index contributed by atoms with van der Waals surface area (Å²) in [6.45, 7) is 6.08. The number of aromatic amines is 1. The number of aryl methyl sites for hydroxylation is 1. The number of hydrogen-bond acceptors (Lipinski definition) is 3. The van der Waals surface area contributed by atoms with Gasteiger partial charge in [0.1, 0.15) is 6.20 Å². The van der Waals surface area contributed by atoms with Crippen molar-refractivity contribution in [2.75, 3.05) is 5.75 Å². The fourth-order valence-corrected chi connectivity index (χ4v) is 1.89. The Balaban J connectivity index is 0.00000225. The Morgan fingerprint density at radius 1 is 1.62 bits per heavy atom. The Morgan fingerprint density at radius 2 is 2.25 bits per heavy atom. The second-order valence-electron chi connectivity index (χ2n) is 3.29. The Bertz CT molecular complexity index is 450. The highest BCUT2D eigenvalue weighted by atomic mass is 32.2. The average Bonchev–Trinajstić information content (AvgIpc) is 2.46. The van der Waals surface area contributed by atoms with E-state index >= 15 is 0 Å². The van der Waals surface area contributed by atoms with Gasteiger partial charge >= 0.3 is 0 Å². The first-order valence-corrected chi connectivity index (χ1v) is 6.20. The molecule has 0 aliphatic carbocycles. The van der Waals surface area contributed by atoms with Crippen LogP contribution in [-0.4, -0.2) is 29.2 Å².